The summed E-state index contributed by atoms with van der Waals surface area (Å²) >= 11 is 0. The van der Waals surface area contributed by atoms with Crippen LogP contribution in [0.2, 0.25) is 0 Å². The fraction of sp³-hybridized carbons (Fsp3) is 0.556. The van der Waals surface area contributed by atoms with Gasteiger partial charge < -0.3 is 4.98 Å². The molecule has 88 valence electrons. The van der Waals surface area contributed by atoms with Crippen molar-refractivity contribution in [3.8, 4) is 0 Å². The number of hydrogen-bond donors (Lipinski definition) is 2. The van der Waals surface area contributed by atoms with E-state index in [0.717, 1.165) is 0 Å². The summed E-state index contributed by atoms with van der Waals surface area (Å²) in [5.74, 6) is 0.206. The summed E-state index contributed by atoms with van der Waals surface area (Å²) in [6, 6.07) is -0.147. The Kier molecular flexibility index (Phi) is 3.06. The number of H-pyrrole nitrogens is 1. The molecule has 1 heterocycles. The quantitative estimate of drug-likeness (QED) is 0.793. The smallest absolute Gasteiger partial charge is 0.257 e. The third-order valence-corrected chi connectivity index (χ3v) is 4.07. The number of aromatic amines is 1. The molecule has 1 aromatic heterocycles. The van der Waals surface area contributed by atoms with Gasteiger partial charge in [0.2, 0.25) is 0 Å². The summed E-state index contributed by atoms with van der Waals surface area (Å²) in [7, 11) is -3.51. The van der Waals surface area contributed by atoms with E-state index < -0.39 is 10.0 Å². The number of nitrogens with one attached hydrogen (secondary N) is 2. The molecule has 1 saturated carbocycles. The Morgan fingerprint density at radius 3 is 2.62 bits per heavy atom. The third-order valence-electron chi connectivity index (χ3n) is 2.63. The average molecular weight is 243 g/mol. The first-order chi connectivity index (χ1) is 7.58. The second-order valence-corrected chi connectivity index (χ2v) is 5.53. The van der Waals surface area contributed by atoms with E-state index in [2.05, 4.69) is 14.7 Å². The summed E-state index contributed by atoms with van der Waals surface area (Å²) in [5, 5.41) is 0.0596. The molecule has 0 spiro atoms. The molecular formula is C9H13N3O3S. The van der Waals surface area contributed by atoms with Gasteiger partial charge in [-0.25, -0.2) is 18.1 Å². The van der Waals surface area contributed by atoms with Gasteiger partial charge in [-0.1, -0.05) is 0 Å². The molecule has 0 unspecified atom stereocenters. The van der Waals surface area contributed by atoms with Crippen LogP contribution >= 0.6 is 0 Å². The minimum absolute atomic E-state index is 0.0596. The predicted molar refractivity (Wildman–Crippen MR) is 56.2 cm³/mol. The number of aromatic nitrogens is 2. The Labute approximate surface area is 93.5 Å². The van der Waals surface area contributed by atoms with Gasteiger partial charge in [-0.05, 0) is 12.8 Å². The van der Waals surface area contributed by atoms with Crippen LogP contribution in [0.1, 0.15) is 25.7 Å². The highest BCUT2D eigenvalue weighted by molar-refractivity contribution is 7.89. The summed E-state index contributed by atoms with van der Waals surface area (Å²) in [6.45, 7) is 0. The van der Waals surface area contributed by atoms with Crippen LogP contribution in [-0.2, 0) is 14.8 Å². The predicted octanol–water partition coefficient (Wildman–Crippen LogP) is 0.200. The molecule has 0 bridgehead atoms. The number of nitrogens with zero attached hydrogens (tertiary/aromatic N) is 1. The number of imidazole rings is 1. The molecule has 2 rings (SSSR count). The van der Waals surface area contributed by atoms with Gasteiger partial charge in [-0.2, -0.15) is 0 Å². The van der Waals surface area contributed by atoms with Gasteiger partial charge in [-0.3, -0.25) is 4.79 Å². The minimum Gasteiger partial charge on any atom is -0.335 e. The first-order valence-electron chi connectivity index (χ1n) is 5.10. The van der Waals surface area contributed by atoms with Gasteiger partial charge in [0.05, 0.1) is 12.5 Å². The van der Waals surface area contributed by atoms with E-state index in [4.69, 9.17) is 0 Å². The van der Waals surface area contributed by atoms with Crippen LogP contribution in [0.3, 0.4) is 0 Å². The average Bonchev–Trinajstić information content (AvgIpc) is 2.75. The maximum absolute atomic E-state index is 11.8. The summed E-state index contributed by atoms with van der Waals surface area (Å²) in [5.41, 5.74) is 0. The van der Waals surface area contributed by atoms with Crippen molar-refractivity contribution in [3.05, 3.63) is 12.5 Å². The van der Waals surface area contributed by atoms with E-state index in [1.165, 1.54) is 12.5 Å². The largest absolute Gasteiger partial charge is 0.335 e. The minimum atomic E-state index is -3.51. The van der Waals surface area contributed by atoms with Crippen LogP contribution in [0, 0.1) is 0 Å². The molecule has 0 radical (unpaired) electrons. The third kappa shape index (κ3) is 2.48. The molecule has 1 fully saturated rings. The van der Waals surface area contributed by atoms with Gasteiger partial charge in [0, 0.05) is 18.9 Å². The lowest BCUT2D eigenvalue weighted by atomic mass is 9.95. The van der Waals surface area contributed by atoms with E-state index in [9.17, 15) is 13.2 Å². The maximum Gasteiger partial charge on any atom is 0.257 e. The number of Topliss-reactive ketones (excluding diaryl/α,β-unsaturated/α-hetero) is 1. The maximum atomic E-state index is 11.8. The van der Waals surface area contributed by atoms with Crippen molar-refractivity contribution in [2.24, 2.45) is 0 Å². The first-order valence-corrected chi connectivity index (χ1v) is 6.58. The molecule has 0 aliphatic heterocycles. The van der Waals surface area contributed by atoms with E-state index in [1.807, 2.05) is 0 Å². The number of rotatable bonds is 3. The lowest BCUT2D eigenvalue weighted by Crippen LogP contribution is -2.37. The summed E-state index contributed by atoms with van der Waals surface area (Å²) in [4.78, 5) is 17.2. The van der Waals surface area contributed by atoms with Gasteiger partial charge in [0.15, 0.2) is 5.03 Å². The molecule has 1 aliphatic carbocycles. The Morgan fingerprint density at radius 1 is 1.38 bits per heavy atom. The van der Waals surface area contributed by atoms with Crippen molar-refractivity contribution in [2.45, 2.75) is 36.8 Å². The van der Waals surface area contributed by atoms with Gasteiger partial charge >= 0.3 is 0 Å². The molecule has 0 saturated heterocycles. The van der Waals surface area contributed by atoms with Gasteiger partial charge in [0.1, 0.15) is 5.78 Å². The molecular weight excluding hydrogens is 230 g/mol. The highest BCUT2D eigenvalue weighted by atomic mass is 32.2. The Hall–Kier alpha value is -1.21. The van der Waals surface area contributed by atoms with E-state index in [0.29, 0.717) is 25.7 Å². The number of carbonyl (C=O) groups excluding carboxylic acids is 1. The highest BCUT2D eigenvalue weighted by Gasteiger charge is 2.24. The van der Waals surface area contributed by atoms with Crippen LogP contribution in [0.5, 0.6) is 0 Å². The second-order valence-electron chi connectivity index (χ2n) is 3.85. The molecule has 2 N–H and O–H groups in total. The number of carbonyl (C=O) groups is 1. The van der Waals surface area contributed by atoms with Crippen molar-refractivity contribution in [1.82, 2.24) is 14.7 Å². The first kappa shape index (κ1) is 11.3. The summed E-state index contributed by atoms with van der Waals surface area (Å²) in [6.07, 6.45) is 4.64. The SMILES string of the molecule is O=C1CCC(NS(=O)(=O)c2cnc[nH]2)CC1. The van der Waals surface area contributed by atoms with E-state index in [-0.39, 0.29) is 16.9 Å². The number of hydrogen-bond acceptors (Lipinski definition) is 4. The highest BCUT2D eigenvalue weighted by Crippen LogP contribution is 2.16. The van der Waals surface area contributed by atoms with Crippen LogP contribution in [0.25, 0.3) is 0 Å². The zero-order valence-electron chi connectivity index (χ0n) is 8.64. The molecule has 1 aliphatic rings. The summed E-state index contributed by atoms with van der Waals surface area (Å²) < 4.78 is 26.1. The normalized spacial score (nSPS) is 18.9. The van der Waals surface area contributed by atoms with E-state index >= 15 is 0 Å². The Bertz CT molecular complexity index is 456. The van der Waals surface area contributed by atoms with Crippen LogP contribution in [0.4, 0.5) is 0 Å². The second kappa shape index (κ2) is 4.34. The monoisotopic (exact) mass is 243 g/mol. The lowest BCUT2D eigenvalue weighted by Gasteiger charge is -2.21. The van der Waals surface area contributed by atoms with Crippen LogP contribution in [-0.4, -0.2) is 30.2 Å². The van der Waals surface area contributed by atoms with Crippen molar-refractivity contribution >= 4 is 15.8 Å². The number of ketones is 1. The van der Waals surface area contributed by atoms with Crippen molar-refractivity contribution in [2.75, 3.05) is 0 Å². The van der Waals surface area contributed by atoms with Crippen molar-refractivity contribution in [3.63, 3.8) is 0 Å². The molecule has 0 amide bonds. The Balaban J connectivity index is 2.02. The Morgan fingerprint density at radius 2 is 2.06 bits per heavy atom. The molecule has 16 heavy (non-hydrogen) atoms. The molecule has 0 atom stereocenters. The molecule has 1 aromatic rings. The van der Waals surface area contributed by atoms with Crippen LogP contribution in [0.15, 0.2) is 17.6 Å². The molecule has 7 heteroatoms. The fourth-order valence-electron chi connectivity index (χ4n) is 1.73. The lowest BCUT2D eigenvalue weighted by molar-refractivity contribution is -0.120. The topological polar surface area (TPSA) is 91.9 Å². The zero-order valence-corrected chi connectivity index (χ0v) is 9.46. The molecule has 6 nitrogen and oxygen atoms in total. The van der Waals surface area contributed by atoms with Gasteiger partial charge in [-0.15, -0.1) is 0 Å². The standard InChI is InChI=1S/C9H13N3O3S/c13-8-3-1-7(2-4-8)12-16(14,15)9-5-10-6-11-9/h5-7,12H,1-4H2,(H,10,11). The van der Waals surface area contributed by atoms with Crippen molar-refractivity contribution in [1.29, 1.82) is 0 Å². The zero-order chi connectivity index (χ0) is 11.6. The van der Waals surface area contributed by atoms with Crippen molar-refractivity contribution < 1.29 is 13.2 Å². The van der Waals surface area contributed by atoms with Crippen LogP contribution < -0.4 is 4.72 Å². The van der Waals surface area contributed by atoms with E-state index in [1.54, 1.807) is 0 Å². The number of sulfonamides is 1. The fourth-order valence-corrected chi connectivity index (χ4v) is 2.94. The van der Waals surface area contributed by atoms with Gasteiger partial charge in [0.25, 0.3) is 10.0 Å². The molecule has 0 aromatic carbocycles.